The fraction of sp³-hybridized carbons (Fsp3) is 0.120. The van der Waals surface area contributed by atoms with Gasteiger partial charge in [-0.05, 0) is 55.0 Å². The summed E-state index contributed by atoms with van der Waals surface area (Å²) in [5.41, 5.74) is 6.02. The molecule has 0 spiro atoms. The van der Waals surface area contributed by atoms with Gasteiger partial charge in [-0.15, -0.1) is 0 Å². The highest BCUT2D eigenvalue weighted by molar-refractivity contribution is 6.03. The number of carbonyl (C=O) groups excluding carboxylic acids is 1. The number of aromatic nitrogens is 4. The van der Waals surface area contributed by atoms with Gasteiger partial charge >= 0.3 is 6.09 Å². The second-order valence-electron chi connectivity index (χ2n) is 7.50. The largest absolute Gasteiger partial charge is 0.412 e. The van der Waals surface area contributed by atoms with E-state index >= 15 is 0 Å². The molecule has 0 aliphatic rings. The fourth-order valence-electron chi connectivity index (χ4n) is 3.83. The first-order valence-corrected chi connectivity index (χ1v) is 10.5. The van der Waals surface area contributed by atoms with Gasteiger partial charge in [-0.3, -0.25) is 9.97 Å². The molecule has 8 heteroatoms. The van der Waals surface area contributed by atoms with Crippen LogP contribution in [0.25, 0.3) is 38.9 Å². The van der Waals surface area contributed by atoms with Gasteiger partial charge in [0.2, 0.25) is 0 Å². The van der Waals surface area contributed by atoms with Crippen LogP contribution >= 0.6 is 0 Å². The lowest BCUT2D eigenvalue weighted by molar-refractivity contribution is 0.195. The highest BCUT2D eigenvalue weighted by atomic mass is 16.6. The molecule has 0 saturated carbocycles. The van der Waals surface area contributed by atoms with E-state index in [2.05, 4.69) is 10.3 Å². The molecule has 0 aliphatic carbocycles. The molecule has 0 atom stereocenters. The fourth-order valence-corrected chi connectivity index (χ4v) is 3.83. The highest BCUT2D eigenvalue weighted by Crippen LogP contribution is 2.38. The molecular weight excluding hydrogens is 418 g/mol. The number of amides is 1. The number of carbonyl (C=O) groups is 1. The summed E-state index contributed by atoms with van der Waals surface area (Å²) in [4.78, 5) is 21.0. The van der Waals surface area contributed by atoms with Crippen molar-refractivity contribution >= 4 is 22.5 Å². The third-order valence-electron chi connectivity index (χ3n) is 5.25. The minimum absolute atomic E-state index is 0.124. The third-order valence-corrected chi connectivity index (χ3v) is 5.25. The topological polar surface area (TPSA) is 102 Å². The zero-order valence-corrected chi connectivity index (χ0v) is 17.9. The van der Waals surface area contributed by atoms with Crippen LogP contribution in [0, 0.1) is 6.92 Å². The molecule has 4 heterocycles. The summed E-state index contributed by atoms with van der Waals surface area (Å²) in [6, 6.07) is 19.1. The van der Waals surface area contributed by atoms with Crippen molar-refractivity contribution < 1.29 is 14.6 Å². The Hall–Kier alpha value is -4.30. The number of fused-ring (bicyclic) bond motifs is 2. The molecular formula is C25H21N5O3. The SMILES string of the molecule is Cc1cccc(-c2nn3ccccc3c2-c2ccnc3cc(OC(=O)NCCO)ccc23)n1. The predicted molar refractivity (Wildman–Crippen MR) is 125 cm³/mol. The number of nitrogens with zero attached hydrogens (tertiary/aromatic N) is 4. The van der Waals surface area contributed by atoms with Crippen molar-refractivity contribution in [3.63, 3.8) is 0 Å². The van der Waals surface area contributed by atoms with Crippen LogP contribution in [0.3, 0.4) is 0 Å². The molecule has 0 unspecified atom stereocenters. The minimum atomic E-state index is -0.630. The van der Waals surface area contributed by atoms with Crippen molar-refractivity contribution in [2.75, 3.05) is 13.2 Å². The van der Waals surface area contributed by atoms with E-state index in [0.717, 1.165) is 39.1 Å². The van der Waals surface area contributed by atoms with Crippen molar-refractivity contribution in [1.29, 1.82) is 0 Å². The molecule has 0 aliphatic heterocycles. The molecule has 0 radical (unpaired) electrons. The summed E-state index contributed by atoms with van der Waals surface area (Å²) in [7, 11) is 0. The van der Waals surface area contributed by atoms with Crippen LogP contribution < -0.4 is 10.1 Å². The number of aryl methyl sites for hydroxylation is 1. The minimum Gasteiger partial charge on any atom is -0.410 e. The van der Waals surface area contributed by atoms with E-state index < -0.39 is 6.09 Å². The maximum atomic E-state index is 11.9. The van der Waals surface area contributed by atoms with Crippen LogP contribution in [0.15, 0.2) is 73.1 Å². The summed E-state index contributed by atoms with van der Waals surface area (Å²) < 4.78 is 7.16. The number of hydrogen-bond acceptors (Lipinski definition) is 6. The molecule has 5 rings (SSSR count). The first kappa shape index (κ1) is 20.6. The van der Waals surface area contributed by atoms with Crippen LogP contribution in [0.5, 0.6) is 5.75 Å². The second kappa shape index (κ2) is 8.68. The average Bonchev–Trinajstić information content (AvgIpc) is 3.22. The number of ether oxygens (including phenoxy) is 1. The van der Waals surface area contributed by atoms with E-state index in [1.807, 2.05) is 66.2 Å². The van der Waals surface area contributed by atoms with Crippen LogP contribution in [0.1, 0.15) is 5.69 Å². The smallest absolute Gasteiger partial charge is 0.410 e. The van der Waals surface area contributed by atoms with Crippen molar-refractivity contribution in [3.8, 4) is 28.3 Å². The van der Waals surface area contributed by atoms with Gasteiger partial charge in [0.05, 0.1) is 23.3 Å². The maximum absolute atomic E-state index is 11.9. The monoisotopic (exact) mass is 439 g/mol. The number of pyridine rings is 3. The molecule has 0 bridgehead atoms. The van der Waals surface area contributed by atoms with E-state index in [9.17, 15) is 4.79 Å². The first-order chi connectivity index (χ1) is 16.1. The Morgan fingerprint density at radius 2 is 2.03 bits per heavy atom. The molecule has 1 aromatic carbocycles. The molecule has 5 aromatic rings. The van der Waals surface area contributed by atoms with Crippen molar-refractivity contribution in [1.82, 2.24) is 24.9 Å². The van der Waals surface area contributed by atoms with Gasteiger partial charge in [0.15, 0.2) is 0 Å². The molecule has 2 N–H and O–H groups in total. The van der Waals surface area contributed by atoms with E-state index in [1.54, 1.807) is 18.3 Å². The molecule has 8 nitrogen and oxygen atoms in total. The Labute approximate surface area is 189 Å². The number of nitrogens with one attached hydrogen (secondary N) is 1. The average molecular weight is 439 g/mol. The van der Waals surface area contributed by atoms with Gasteiger partial charge in [0.1, 0.15) is 11.4 Å². The first-order valence-electron chi connectivity index (χ1n) is 10.5. The standard InChI is InChI=1S/C25H21N5O3/c1-16-5-4-6-20(28-16)24-23(22-7-2-3-13-30(22)29-24)19-10-11-26-21-15-17(8-9-18(19)21)33-25(32)27-12-14-31/h2-11,13,15,31H,12,14H2,1H3,(H,27,32). The molecule has 1 amide bonds. The number of aliphatic hydroxyl groups is 1. The molecule has 4 aromatic heterocycles. The van der Waals surface area contributed by atoms with Gasteiger partial charge in [-0.1, -0.05) is 12.1 Å². The molecule has 164 valence electrons. The van der Waals surface area contributed by atoms with E-state index in [1.165, 1.54) is 0 Å². The van der Waals surface area contributed by atoms with E-state index in [0.29, 0.717) is 11.3 Å². The Kier molecular flexibility index (Phi) is 5.42. The van der Waals surface area contributed by atoms with Gasteiger partial charge in [0.25, 0.3) is 0 Å². The normalized spacial score (nSPS) is 11.1. The zero-order chi connectivity index (χ0) is 22.8. The van der Waals surface area contributed by atoms with Gasteiger partial charge in [-0.25, -0.2) is 9.31 Å². The second-order valence-corrected chi connectivity index (χ2v) is 7.50. The quantitative estimate of drug-likeness (QED) is 0.429. The Morgan fingerprint density at radius 3 is 2.88 bits per heavy atom. The third kappa shape index (κ3) is 3.99. The maximum Gasteiger partial charge on any atom is 0.412 e. The molecule has 0 saturated heterocycles. The Balaban J connectivity index is 1.66. The number of hydrogen-bond donors (Lipinski definition) is 2. The summed E-state index contributed by atoms with van der Waals surface area (Å²) in [5, 5.41) is 17.0. The summed E-state index contributed by atoms with van der Waals surface area (Å²) in [6.07, 6.45) is 3.01. The number of aliphatic hydroxyl groups excluding tert-OH is 1. The van der Waals surface area contributed by atoms with Crippen LogP contribution in [-0.4, -0.2) is 43.9 Å². The van der Waals surface area contributed by atoms with Gasteiger partial charge in [0, 0.05) is 41.6 Å². The van der Waals surface area contributed by atoms with Crippen molar-refractivity contribution in [2.24, 2.45) is 0 Å². The summed E-state index contributed by atoms with van der Waals surface area (Å²) in [5.74, 6) is 0.364. The predicted octanol–water partition coefficient (Wildman–Crippen LogP) is 4.00. The van der Waals surface area contributed by atoms with Crippen LogP contribution in [-0.2, 0) is 0 Å². The Morgan fingerprint density at radius 1 is 1.12 bits per heavy atom. The lowest BCUT2D eigenvalue weighted by atomic mass is 9.98. The Bertz CT molecular complexity index is 1480. The van der Waals surface area contributed by atoms with Gasteiger partial charge in [-0.2, -0.15) is 5.10 Å². The number of benzene rings is 1. The van der Waals surface area contributed by atoms with Crippen molar-refractivity contribution in [2.45, 2.75) is 6.92 Å². The lowest BCUT2D eigenvalue weighted by Gasteiger charge is -2.10. The lowest BCUT2D eigenvalue weighted by Crippen LogP contribution is -2.29. The summed E-state index contributed by atoms with van der Waals surface area (Å²) in [6.45, 7) is 1.92. The van der Waals surface area contributed by atoms with Gasteiger partial charge < -0.3 is 15.2 Å². The van der Waals surface area contributed by atoms with E-state index in [4.69, 9.17) is 19.9 Å². The summed E-state index contributed by atoms with van der Waals surface area (Å²) >= 11 is 0. The zero-order valence-electron chi connectivity index (χ0n) is 17.9. The number of rotatable bonds is 5. The van der Waals surface area contributed by atoms with Crippen LogP contribution in [0.2, 0.25) is 0 Å². The van der Waals surface area contributed by atoms with Crippen LogP contribution in [0.4, 0.5) is 4.79 Å². The van der Waals surface area contributed by atoms with Crippen molar-refractivity contribution in [3.05, 3.63) is 78.8 Å². The molecule has 33 heavy (non-hydrogen) atoms. The highest BCUT2D eigenvalue weighted by Gasteiger charge is 2.19. The van der Waals surface area contributed by atoms with E-state index in [-0.39, 0.29) is 13.2 Å². The molecule has 0 fully saturated rings.